The minimum Gasteiger partial charge on any atom is -0.501 e. The molecule has 0 aliphatic heterocycles. The van der Waals surface area contributed by atoms with E-state index in [0.29, 0.717) is 5.92 Å². The fourth-order valence-electron chi connectivity index (χ4n) is 1.48. The fraction of sp³-hybridized carbons (Fsp3) is 0.600. The molecule has 12 heavy (non-hydrogen) atoms. The van der Waals surface area contributed by atoms with E-state index in [1.54, 1.807) is 14.2 Å². The van der Waals surface area contributed by atoms with E-state index in [2.05, 4.69) is 26.0 Å². The first-order valence-corrected chi connectivity index (χ1v) is 4.20. The van der Waals surface area contributed by atoms with Crippen LogP contribution < -0.4 is 0 Å². The molecular weight excluding hydrogens is 152 g/mol. The van der Waals surface area contributed by atoms with Crippen molar-refractivity contribution in [1.29, 1.82) is 0 Å². The first kappa shape index (κ1) is 9.17. The highest BCUT2D eigenvalue weighted by Gasteiger charge is 2.20. The van der Waals surface area contributed by atoms with Gasteiger partial charge >= 0.3 is 0 Å². The molecule has 0 heterocycles. The van der Waals surface area contributed by atoms with Crippen LogP contribution in [0.4, 0.5) is 0 Å². The molecule has 2 nitrogen and oxygen atoms in total. The van der Waals surface area contributed by atoms with Gasteiger partial charge in [0.25, 0.3) is 0 Å². The smallest absolute Gasteiger partial charge is 0.102 e. The Bertz CT molecular complexity index is 194. The second kappa shape index (κ2) is 3.65. The lowest BCUT2D eigenvalue weighted by Crippen LogP contribution is -2.13. The third kappa shape index (κ3) is 1.63. The van der Waals surface area contributed by atoms with Crippen molar-refractivity contribution in [3.05, 3.63) is 23.7 Å². The Kier molecular flexibility index (Phi) is 2.79. The largest absolute Gasteiger partial charge is 0.501 e. The van der Waals surface area contributed by atoms with Gasteiger partial charge in [-0.05, 0) is 25.0 Å². The molecule has 0 radical (unpaired) electrons. The maximum absolute atomic E-state index is 5.25. The topological polar surface area (TPSA) is 18.5 Å². The van der Waals surface area contributed by atoms with Crippen LogP contribution in [0.2, 0.25) is 0 Å². The van der Waals surface area contributed by atoms with Crippen molar-refractivity contribution >= 4 is 0 Å². The lowest BCUT2D eigenvalue weighted by atomic mass is 9.95. The van der Waals surface area contributed by atoms with E-state index in [0.717, 1.165) is 11.5 Å². The summed E-state index contributed by atoms with van der Waals surface area (Å²) in [5.41, 5.74) is 0. The fourth-order valence-corrected chi connectivity index (χ4v) is 1.48. The average molecular weight is 168 g/mol. The third-order valence-electron chi connectivity index (χ3n) is 2.18. The number of methoxy groups -OCH3 is 2. The van der Waals surface area contributed by atoms with Crippen LogP contribution in [0.1, 0.15) is 13.8 Å². The van der Waals surface area contributed by atoms with Crippen LogP contribution in [-0.4, -0.2) is 14.2 Å². The summed E-state index contributed by atoms with van der Waals surface area (Å²) >= 11 is 0. The van der Waals surface area contributed by atoms with Gasteiger partial charge in [0, 0.05) is 0 Å². The highest BCUT2D eigenvalue weighted by molar-refractivity contribution is 5.21. The Balaban J connectivity index is 2.82. The molecule has 1 aliphatic carbocycles. The van der Waals surface area contributed by atoms with E-state index in [1.807, 2.05) is 0 Å². The number of ether oxygens (including phenoxy) is 2. The van der Waals surface area contributed by atoms with Crippen LogP contribution in [0.15, 0.2) is 23.7 Å². The molecule has 0 saturated heterocycles. The van der Waals surface area contributed by atoms with Crippen LogP contribution in [0.25, 0.3) is 0 Å². The Morgan fingerprint density at radius 3 is 1.75 bits per heavy atom. The summed E-state index contributed by atoms with van der Waals surface area (Å²) in [6, 6.07) is 0. The van der Waals surface area contributed by atoms with Gasteiger partial charge in [-0.3, -0.25) is 0 Å². The lowest BCUT2D eigenvalue weighted by Gasteiger charge is -2.23. The average Bonchev–Trinajstić information content (AvgIpc) is 2.08. The first-order chi connectivity index (χ1) is 5.69. The molecule has 1 rings (SSSR count). The van der Waals surface area contributed by atoms with Gasteiger partial charge in [-0.2, -0.15) is 0 Å². The lowest BCUT2D eigenvalue weighted by molar-refractivity contribution is 0.193. The van der Waals surface area contributed by atoms with Gasteiger partial charge in [0.15, 0.2) is 0 Å². The highest BCUT2D eigenvalue weighted by Crippen LogP contribution is 2.28. The van der Waals surface area contributed by atoms with E-state index in [9.17, 15) is 0 Å². The summed E-state index contributed by atoms with van der Waals surface area (Å²) < 4.78 is 10.5. The molecular formula is C10H16O2. The van der Waals surface area contributed by atoms with Crippen molar-refractivity contribution in [3.8, 4) is 0 Å². The molecule has 0 atom stereocenters. The molecule has 2 heteroatoms. The summed E-state index contributed by atoms with van der Waals surface area (Å²) in [7, 11) is 3.40. The molecule has 68 valence electrons. The maximum atomic E-state index is 5.25. The zero-order chi connectivity index (χ0) is 9.14. The predicted molar refractivity (Wildman–Crippen MR) is 48.5 cm³/mol. The molecule has 0 fully saturated rings. The van der Waals surface area contributed by atoms with E-state index < -0.39 is 0 Å². The van der Waals surface area contributed by atoms with Crippen LogP contribution in [-0.2, 0) is 9.47 Å². The van der Waals surface area contributed by atoms with Gasteiger partial charge in [0.05, 0.1) is 20.1 Å². The summed E-state index contributed by atoms with van der Waals surface area (Å²) in [4.78, 5) is 0. The Morgan fingerprint density at radius 2 is 1.42 bits per heavy atom. The summed E-state index contributed by atoms with van der Waals surface area (Å²) in [6.45, 7) is 4.19. The maximum Gasteiger partial charge on any atom is 0.102 e. The molecule has 0 aromatic rings. The van der Waals surface area contributed by atoms with Gasteiger partial charge in [0.2, 0.25) is 0 Å². The molecule has 0 bridgehead atoms. The Hall–Kier alpha value is -0.920. The zero-order valence-corrected chi connectivity index (χ0v) is 8.13. The summed E-state index contributed by atoms with van der Waals surface area (Å²) in [5.74, 6) is 2.67. The van der Waals surface area contributed by atoms with E-state index in [-0.39, 0.29) is 5.92 Å². The van der Waals surface area contributed by atoms with Crippen LogP contribution in [0, 0.1) is 11.8 Å². The van der Waals surface area contributed by atoms with Crippen LogP contribution in [0.3, 0.4) is 0 Å². The molecule has 0 aromatic heterocycles. The standard InChI is InChI=1S/C10H16O2/c1-7-5-9(11-3)8(2)10(6-7)12-4/h5-8H,1-4H3. The van der Waals surface area contributed by atoms with Gasteiger partial charge < -0.3 is 9.47 Å². The molecule has 0 spiro atoms. The first-order valence-electron chi connectivity index (χ1n) is 4.20. The Morgan fingerprint density at radius 1 is 1.00 bits per heavy atom. The molecule has 0 saturated carbocycles. The van der Waals surface area contributed by atoms with Gasteiger partial charge in [-0.1, -0.05) is 6.92 Å². The molecule has 1 aliphatic rings. The number of allylic oxidation sites excluding steroid dienone is 2. The normalized spacial score (nSPS) is 29.0. The van der Waals surface area contributed by atoms with Crippen molar-refractivity contribution in [1.82, 2.24) is 0 Å². The molecule has 0 amide bonds. The second-order valence-electron chi connectivity index (χ2n) is 3.13. The zero-order valence-electron chi connectivity index (χ0n) is 8.13. The van der Waals surface area contributed by atoms with Crippen molar-refractivity contribution in [2.24, 2.45) is 11.8 Å². The van der Waals surface area contributed by atoms with Crippen molar-refractivity contribution in [2.75, 3.05) is 14.2 Å². The minimum atomic E-state index is 0.260. The summed E-state index contributed by atoms with van der Waals surface area (Å²) in [5, 5.41) is 0. The molecule has 0 aromatic carbocycles. The van der Waals surface area contributed by atoms with Gasteiger partial charge in [0.1, 0.15) is 11.5 Å². The Labute approximate surface area is 73.9 Å². The van der Waals surface area contributed by atoms with E-state index in [4.69, 9.17) is 9.47 Å². The van der Waals surface area contributed by atoms with E-state index >= 15 is 0 Å². The quantitative estimate of drug-likeness (QED) is 0.630. The second-order valence-corrected chi connectivity index (χ2v) is 3.13. The van der Waals surface area contributed by atoms with Crippen LogP contribution >= 0.6 is 0 Å². The SMILES string of the molecule is COC1=CC(C)C=C(OC)C1C. The predicted octanol–water partition coefficient (Wildman–Crippen LogP) is 2.33. The van der Waals surface area contributed by atoms with Crippen LogP contribution in [0.5, 0.6) is 0 Å². The van der Waals surface area contributed by atoms with E-state index in [1.165, 1.54) is 0 Å². The number of hydrogen-bond acceptors (Lipinski definition) is 2. The van der Waals surface area contributed by atoms with Crippen molar-refractivity contribution in [3.63, 3.8) is 0 Å². The molecule has 0 unspecified atom stereocenters. The van der Waals surface area contributed by atoms with Gasteiger partial charge in [-0.25, -0.2) is 0 Å². The number of hydrogen-bond donors (Lipinski definition) is 0. The third-order valence-corrected chi connectivity index (χ3v) is 2.18. The van der Waals surface area contributed by atoms with Crippen molar-refractivity contribution < 1.29 is 9.47 Å². The van der Waals surface area contributed by atoms with Crippen molar-refractivity contribution in [2.45, 2.75) is 13.8 Å². The minimum absolute atomic E-state index is 0.260. The van der Waals surface area contributed by atoms with Gasteiger partial charge in [-0.15, -0.1) is 0 Å². The molecule has 0 N–H and O–H groups in total. The summed E-state index contributed by atoms with van der Waals surface area (Å²) in [6.07, 6.45) is 4.24. The number of rotatable bonds is 2. The monoisotopic (exact) mass is 168 g/mol. The highest BCUT2D eigenvalue weighted by atomic mass is 16.5.